The van der Waals surface area contributed by atoms with Crippen molar-refractivity contribution in [1.29, 1.82) is 0 Å². The Labute approximate surface area is 153 Å². The summed E-state index contributed by atoms with van der Waals surface area (Å²) in [7, 11) is 1.62. The summed E-state index contributed by atoms with van der Waals surface area (Å²) in [4.78, 5) is 23.8. The van der Waals surface area contributed by atoms with E-state index in [0.717, 1.165) is 12.1 Å². The van der Waals surface area contributed by atoms with Gasteiger partial charge >= 0.3 is 0 Å². The van der Waals surface area contributed by atoms with E-state index in [9.17, 15) is 4.79 Å². The molecule has 6 heteroatoms. The number of likely N-dealkylation sites (N-methyl/N-ethyl adjacent to an activating group) is 1. The fourth-order valence-corrected chi connectivity index (χ4v) is 3.09. The SMILES string of the molecule is CCc1nc2c(OC)cccn2c1C(=O)N(CC)CCc1ccncc1. The first-order valence-corrected chi connectivity index (χ1v) is 8.91. The highest BCUT2D eigenvalue weighted by Gasteiger charge is 2.23. The van der Waals surface area contributed by atoms with Crippen LogP contribution < -0.4 is 4.74 Å². The minimum absolute atomic E-state index is 0.000779. The number of methoxy groups -OCH3 is 1. The summed E-state index contributed by atoms with van der Waals surface area (Å²) in [5, 5.41) is 0. The van der Waals surface area contributed by atoms with Gasteiger partial charge in [-0.3, -0.25) is 14.2 Å². The van der Waals surface area contributed by atoms with Crippen molar-refractivity contribution in [2.75, 3.05) is 20.2 Å². The Kier molecular flexibility index (Phi) is 5.51. The molecule has 3 aromatic rings. The molecular formula is C20H24N4O2. The van der Waals surface area contributed by atoms with Crippen LogP contribution >= 0.6 is 0 Å². The Morgan fingerprint density at radius 3 is 2.65 bits per heavy atom. The smallest absolute Gasteiger partial charge is 0.272 e. The second kappa shape index (κ2) is 7.99. The van der Waals surface area contributed by atoms with Gasteiger partial charge < -0.3 is 9.64 Å². The van der Waals surface area contributed by atoms with E-state index in [1.807, 2.05) is 53.6 Å². The summed E-state index contributed by atoms with van der Waals surface area (Å²) in [6.45, 7) is 5.31. The summed E-state index contributed by atoms with van der Waals surface area (Å²) in [5.41, 5.74) is 3.27. The molecular weight excluding hydrogens is 328 g/mol. The zero-order valence-corrected chi connectivity index (χ0v) is 15.5. The number of amides is 1. The predicted molar refractivity (Wildman–Crippen MR) is 101 cm³/mol. The number of nitrogens with zero attached hydrogens (tertiary/aromatic N) is 4. The first-order valence-electron chi connectivity index (χ1n) is 8.91. The molecule has 1 amide bonds. The maximum Gasteiger partial charge on any atom is 0.272 e. The topological polar surface area (TPSA) is 59.7 Å². The molecule has 0 saturated carbocycles. The lowest BCUT2D eigenvalue weighted by atomic mass is 10.1. The Balaban J connectivity index is 1.92. The largest absolute Gasteiger partial charge is 0.493 e. The van der Waals surface area contributed by atoms with Crippen LogP contribution in [0.15, 0.2) is 42.9 Å². The molecule has 0 unspecified atom stereocenters. The average Bonchev–Trinajstić information content (AvgIpc) is 3.07. The van der Waals surface area contributed by atoms with Gasteiger partial charge in [-0.25, -0.2) is 4.98 Å². The Hall–Kier alpha value is -2.89. The minimum Gasteiger partial charge on any atom is -0.493 e. The second-order valence-corrected chi connectivity index (χ2v) is 6.02. The quantitative estimate of drug-likeness (QED) is 0.656. The number of fused-ring (bicyclic) bond motifs is 1. The van der Waals surface area contributed by atoms with Crippen molar-refractivity contribution in [3.63, 3.8) is 0 Å². The average molecular weight is 352 g/mol. The first-order chi connectivity index (χ1) is 12.7. The van der Waals surface area contributed by atoms with Gasteiger partial charge in [0.25, 0.3) is 5.91 Å². The van der Waals surface area contributed by atoms with Gasteiger partial charge in [0.2, 0.25) is 0 Å². The monoisotopic (exact) mass is 352 g/mol. The van der Waals surface area contributed by atoms with Gasteiger partial charge in [-0.05, 0) is 49.6 Å². The van der Waals surface area contributed by atoms with Crippen LogP contribution in [0.2, 0.25) is 0 Å². The molecule has 0 aromatic carbocycles. The Bertz CT molecular complexity index is 889. The number of pyridine rings is 2. The van der Waals surface area contributed by atoms with E-state index in [-0.39, 0.29) is 5.91 Å². The number of carbonyl (C=O) groups is 1. The molecule has 0 bridgehead atoms. The molecule has 0 radical (unpaired) electrons. The number of aryl methyl sites for hydroxylation is 1. The standard InChI is InChI=1S/C20H24N4O2/c1-4-16-18(24-13-6-7-17(26-3)19(24)22-16)20(25)23(5-2)14-10-15-8-11-21-12-9-15/h6-9,11-13H,4-5,10,14H2,1-3H3. The molecule has 136 valence electrons. The van der Waals surface area contributed by atoms with Crippen LogP contribution in [0.4, 0.5) is 0 Å². The van der Waals surface area contributed by atoms with E-state index in [2.05, 4.69) is 9.97 Å². The summed E-state index contributed by atoms with van der Waals surface area (Å²) in [5.74, 6) is 0.667. The molecule has 0 spiro atoms. The second-order valence-electron chi connectivity index (χ2n) is 6.02. The maximum absolute atomic E-state index is 13.3. The van der Waals surface area contributed by atoms with Crippen molar-refractivity contribution >= 4 is 11.6 Å². The summed E-state index contributed by atoms with van der Waals surface area (Å²) >= 11 is 0. The van der Waals surface area contributed by atoms with Crippen LogP contribution in [-0.2, 0) is 12.8 Å². The van der Waals surface area contributed by atoms with Crippen molar-refractivity contribution < 1.29 is 9.53 Å². The number of imidazole rings is 1. The minimum atomic E-state index is -0.000779. The van der Waals surface area contributed by atoms with E-state index in [1.54, 1.807) is 19.5 Å². The van der Waals surface area contributed by atoms with Gasteiger partial charge in [0.1, 0.15) is 5.69 Å². The Morgan fingerprint density at radius 2 is 2.00 bits per heavy atom. The number of ether oxygens (including phenoxy) is 1. The van der Waals surface area contributed by atoms with Crippen LogP contribution in [0.25, 0.3) is 5.65 Å². The van der Waals surface area contributed by atoms with Crippen molar-refractivity contribution in [3.05, 3.63) is 59.8 Å². The van der Waals surface area contributed by atoms with Gasteiger partial charge in [-0.1, -0.05) is 6.92 Å². The van der Waals surface area contributed by atoms with E-state index in [0.29, 0.717) is 36.6 Å². The van der Waals surface area contributed by atoms with Crippen LogP contribution in [0, 0.1) is 0 Å². The Morgan fingerprint density at radius 1 is 1.23 bits per heavy atom. The van der Waals surface area contributed by atoms with Gasteiger partial charge in [-0.2, -0.15) is 0 Å². The number of hydrogen-bond acceptors (Lipinski definition) is 4. The lowest BCUT2D eigenvalue weighted by Crippen LogP contribution is -2.34. The lowest BCUT2D eigenvalue weighted by Gasteiger charge is -2.21. The molecule has 26 heavy (non-hydrogen) atoms. The molecule has 3 rings (SSSR count). The van der Waals surface area contributed by atoms with E-state index >= 15 is 0 Å². The molecule has 0 saturated heterocycles. The first kappa shape index (κ1) is 17.9. The molecule has 3 aromatic heterocycles. The fourth-order valence-electron chi connectivity index (χ4n) is 3.09. The number of carbonyl (C=O) groups excluding carboxylic acids is 1. The third kappa shape index (κ3) is 3.40. The lowest BCUT2D eigenvalue weighted by molar-refractivity contribution is 0.0758. The molecule has 0 fully saturated rings. The predicted octanol–water partition coefficient (Wildman–Crippen LogP) is 3.01. The van der Waals surface area contributed by atoms with Crippen molar-refractivity contribution in [2.45, 2.75) is 26.7 Å². The van der Waals surface area contributed by atoms with E-state index in [4.69, 9.17) is 4.74 Å². The van der Waals surface area contributed by atoms with Crippen LogP contribution in [0.5, 0.6) is 5.75 Å². The highest BCUT2D eigenvalue weighted by molar-refractivity contribution is 5.95. The molecule has 0 aliphatic rings. The van der Waals surface area contributed by atoms with Gasteiger partial charge in [0.15, 0.2) is 11.4 Å². The molecule has 0 aliphatic carbocycles. The number of aromatic nitrogens is 3. The highest BCUT2D eigenvalue weighted by atomic mass is 16.5. The fraction of sp³-hybridized carbons (Fsp3) is 0.350. The molecule has 0 atom stereocenters. The van der Waals surface area contributed by atoms with E-state index < -0.39 is 0 Å². The van der Waals surface area contributed by atoms with Crippen molar-refractivity contribution in [3.8, 4) is 5.75 Å². The van der Waals surface area contributed by atoms with Crippen LogP contribution in [-0.4, -0.2) is 45.4 Å². The molecule has 3 heterocycles. The molecule has 0 N–H and O–H groups in total. The zero-order valence-electron chi connectivity index (χ0n) is 15.5. The van der Waals surface area contributed by atoms with Crippen molar-refractivity contribution in [2.24, 2.45) is 0 Å². The third-order valence-electron chi connectivity index (χ3n) is 4.53. The molecule has 0 aliphatic heterocycles. The van der Waals surface area contributed by atoms with Gasteiger partial charge in [0, 0.05) is 31.7 Å². The summed E-state index contributed by atoms with van der Waals surface area (Å²) in [6.07, 6.45) is 6.91. The van der Waals surface area contributed by atoms with Crippen LogP contribution in [0.1, 0.15) is 35.6 Å². The summed E-state index contributed by atoms with van der Waals surface area (Å²) in [6, 6.07) is 7.69. The summed E-state index contributed by atoms with van der Waals surface area (Å²) < 4.78 is 7.24. The normalized spacial score (nSPS) is 10.9. The van der Waals surface area contributed by atoms with Gasteiger partial charge in [-0.15, -0.1) is 0 Å². The van der Waals surface area contributed by atoms with Crippen LogP contribution in [0.3, 0.4) is 0 Å². The van der Waals surface area contributed by atoms with Gasteiger partial charge in [0.05, 0.1) is 12.8 Å². The molecule has 6 nitrogen and oxygen atoms in total. The maximum atomic E-state index is 13.3. The van der Waals surface area contributed by atoms with E-state index in [1.165, 1.54) is 5.56 Å². The number of rotatable bonds is 7. The zero-order chi connectivity index (χ0) is 18.5. The third-order valence-corrected chi connectivity index (χ3v) is 4.53. The highest BCUT2D eigenvalue weighted by Crippen LogP contribution is 2.23. The number of hydrogen-bond donors (Lipinski definition) is 0. The van der Waals surface area contributed by atoms with Crippen molar-refractivity contribution in [1.82, 2.24) is 19.3 Å².